The number of nitrogens with two attached hydrogens (primary N) is 2. The zero-order valence-corrected chi connectivity index (χ0v) is 7.87. The number of halogens is 2. The van der Waals surface area contributed by atoms with Crippen LogP contribution in [0.2, 0.25) is 0 Å². The summed E-state index contributed by atoms with van der Waals surface area (Å²) in [6.45, 7) is -0.0502. The monoisotopic (exact) mass is 212 g/mol. The molecular weight excluding hydrogens is 202 g/mol. The molecule has 0 saturated carbocycles. The molecule has 0 amide bonds. The van der Waals surface area contributed by atoms with Crippen LogP contribution in [-0.2, 0) is 13.0 Å². The van der Waals surface area contributed by atoms with E-state index in [1.54, 1.807) is 0 Å². The minimum absolute atomic E-state index is 0.0371. The van der Waals surface area contributed by atoms with Crippen LogP contribution in [0.3, 0.4) is 0 Å². The Hall–Kier alpha value is -1.74. The van der Waals surface area contributed by atoms with Gasteiger partial charge in [0.05, 0.1) is 12.5 Å². The Morgan fingerprint density at radius 3 is 2.60 bits per heavy atom. The molecule has 0 aliphatic carbocycles. The maximum atomic E-state index is 12.5. The van der Waals surface area contributed by atoms with Gasteiger partial charge in [0, 0.05) is 12.1 Å². The number of rotatable bonds is 3. The topological polar surface area (TPSA) is 88.7 Å². The number of alkyl halides is 2. The van der Waals surface area contributed by atoms with E-state index in [1.165, 1.54) is 6.07 Å². The van der Waals surface area contributed by atoms with E-state index in [0.29, 0.717) is 5.56 Å². The molecule has 0 bridgehead atoms. The van der Waals surface area contributed by atoms with E-state index >= 15 is 0 Å². The lowest BCUT2D eigenvalue weighted by molar-refractivity contribution is 0.145. The average molecular weight is 212 g/mol. The van der Waals surface area contributed by atoms with E-state index in [0.717, 1.165) is 0 Å². The summed E-state index contributed by atoms with van der Waals surface area (Å²) in [5.74, 6) is -0.0379. The molecule has 1 aromatic rings. The summed E-state index contributed by atoms with van der Waals surface area (Å²) >= 11 is 0. The van der Waals surface area contributed by atoms with Crippen molar-refractivity contribution in [3.63, 3.8) is 0 Å². The Morgan fingerprint density at radius 1 is 1.47 bits per heavy atom. The number of nitrogen functional groups attached to an aromatic ring is 1. The average Bonchev–Trinajstić information content (AvgIpc) is 2.20. The maximum Gasteiger partial charge on any atom is 0.280 e. The Labute approximate surface area is 85.5 Å². The quantitative estimate of drug-likeness (QED) is 0.785. The third-order valence-corrected chi connectivity index (χ3v) is 1.94. The smallest absolute Gasteiger partial charge is 0.280 e. The van der Waals surface area contributed by atoms with Crippen LogP contribution in [-0.4, -0.2) is 4.98 Å². The van der Waals surface area contributed by atoms with Crippen molar-refractivity contribution in [1.82, 2.24) is 4.98 Å². The highest BCUT2D eigenvalue weighted by Gasteiger charge is 2.16. The molecule has 0 aliphatic rings. The Kier molecular flexibility index (Phi) is 3.52. The van der Waals surface area contributed by atoms with Crippen LogP contribution >= 0.6 is 0 Å². The zero-order valence-electron chi connectivity index (χ0n) is 7.87. The van der Waals surface area contributed by atoms with Crippen molar-refractivity contribution in [3.8, 4) is 6.07 Å². The van der Waals surface area contributed by atoms with Crippen molar-refractivity contribution in [2.45, 2.75) is 19.4 Å². The number of nitriles is 1. The predicted molar refractivity (Wildman–Crippen MR) is 50.8 cm³/mol. The second-order valence-electron chi connectivity index (χ2n) is 2.92. The van der Waals surface area contributed by atoms with Gasteiger partial charge in [-0.15, -0.1) is 0 Å². The van der Waals surface area contributed by atoms with E-state index in [4.69, 9.17) is 16.7 Å². The van der Waals surface area contributed by atoms with Gasteiger partial charge in [0.1, 0.15) is 11.5 Å². The first-order valence-corrected chi connectivity index (χ1v) is 4.23. The number of hydrogen-bond acceptors (Lipinski definition) is 4. The lowest BCUT2D eigenvalue weighted by Gasteiger charge is -2.09. The van der Waals surface area contributed by atoms with E-state index in [2.05, 4.69) is 4.98 Å². The molecule has 0 fully saturated rings. The van der Waals surface area contributed by atoms with Crippen molar-refractivity contribution >= 4 is 5.82 Å². The Bertz CT molecular complexity index is 398. The van der Waals surface area contributed by atoms with E-state index in [1.807, 2.05) is 6.07 Å². The van der Waals surface area contributed by atoms with Gasteiger partial charge in [-0.2, -0.15) is 5.26 Å². The Balaban J connectivity index is 3.24. The molecule has 1 aromatic heterocycles. The number of nitrogens with zero attached hydrogens (tertiary/aromatic N) is 2. The standard InChI is InChI=1S/C9H10F2N4/c10-8(11)7-6(4-13)3-5(1-2-12)9(14)15-7/h3,8H,1,4,13H2,(H2,14,15). The molecule has 0 saturated heterocycles. The molecule has 1 rings (SSSR count). The van der Waals surface area contributed by atoms with Gasteiger partial charge < -0.3 is 11.5 Å². The first kappa shape index (κ1) is 11.3. The highest BCUT2D eigenvalue weighted by Crippen LogP contribution is 2.24. The van der Waals surface area contributed by atoms with Crippen LogP contribution in [0.5, 0.6) is 0 Å². The van der Waals surface area contributed by atoms with Gasteiger partial charge in [-0.05, 0) is 11.6 Å². The first-order valence-electron chi connectivity index (χ1n) is 4.23. The third-order valence-electron chi connectivity index (χ3n) is 1.94. The SMILES string of the molecule is N#CCc1cc(CN)c(C(F)F)nc1N. The van der Waals surface area contributed by atoms with E-state index in [9.17, 15) is 8.78 Å². The van der Waals surface area contributed by atoms with Gasteiger partial charge in [-0.25, -0.2) is 13.8 Å². The zero-order chi connectivity index (χ0) is 11.4. The van der Waals surface area contributed by atoms with E-state index in [-0.39, 0.29) is 24.3 Å². The summed E-state index contributed by atoms with van der Waals surface area (Å²) < 4.78 is 24.9. The van der Waals surface area contributed by atoms with E-state index < -0.39 is 12.1 Å². The fourth-order valence-electron chi connectivity index (χ4n) is 1.21. The van der Waals surface area contributed by atoms with Crippen LogP contribution < -0.4 is 11.5 Å². The fraction of sp³-hybridized carbons (Fsp3) is 0.333. The molecule has 4 nitrogen and oxygen atoms in total. The number of pyridine rings is 1. The summed E-state index contributed by atoms with van der Waals surface area (Å²) in [4.78, 5) is 3.56. The molecule has 15 heavy (non-hydrogen) atoms. The van der Waals surface area contributed by atoms with Gasteiger partial charge >= 0.3 is 0 Å². The summed E-state index contributed by atoms with van der Waals surface area (Å²) in [6.07, 6.45) is -2.67. The summed E-state index contributed by atoms with van der Waals surface area (Å²) in [5, 5.41) is 8.47. The van der Waals surface area contributed by atoms with Crippen LogP contribution in [0.15, 0.2) is 6.07 Å². The highest BCUT2D eigenvalue weighted by molar-refractivity contribution is 5.45. The molecule has 0 atom stereocenters. The van der Waals surface area contributed by atoms with Crippen molar-refractivity contribution in [3.05, 3.63) is 22.9 Å². The lowest BCUT2D eigenvalue weighted by Crippen LogP contribution is -2.09. The largest absolute Gasteiger partial charge is 0.383 e. The molecular formula is C9H10F2N4. The van der Waals surface area contributed by atoms with Gasteiger partial charge in [0.2, 0.25) is 0 Å². The van der Waals surface area contributed by atoms with Crippen LogP contribution in [0.4, 0.5) is 14.6 Å². The fourth-order valence-corrected chi connectivity index (χ4v) is 1.21. The second-order valence-corrected chi connectivity index (χ2v) is 2.92. The molecule has 0 aliphatic heterocycles. The van der Waals surface area contributed by atoms with Crippen molar-refractivity contribution in [2.24, 2.45) is 5.73 Å². The molecule has 4 N–H and O–H groups in total. The maximum absolute atomic E-state index is 12.5. The summed E-state index contributed by atoms with van der Waals surface area (Å²) in [6, 6.07) is 3.29. The molecule has 0 aromatic carbocycles. The molecule has 6 heteroatoms. The predicted octanol–water partition coefficient (Wildman–Crippen LogP) is 1.13. The molecule has 0 unspecified atom stereocenters. The number of hydrogen-bond donors (Lipinski definition) is 2. The van der Waals surface area contributed by atoms with Crippen LogP contribution in [0.25, 0.3) is 0 Å². The van der Waals surface area contributed by atoms with Gasteiger partial charge in [0.25, 0.3) is 6.43 Å². The van der Waals surface area contributed by atoms with Gasteiger partial charge in [-0.3, -0.25) is 0 Å². The molecule has 80 valence electrons. The lowest BCUT2D eigenvalue weighted by atomic mass is 10.1. The van der Waals surface area contributed by atoms with Crippen LogP contribution in [0.1, 0.15) is 23.2 Å². The summed E-state index contributed by atoms with van der Waals surface area (Å²) in [5.41, 5.74) is 11.0. The molecule has 0 spiro atoms. The number of anilines is 1. The summed E-state index contributed by atoms with van der Waals surface area (Å²) in [7, 11) is 0. The highest BCUT2D eigenvalue weighted by atomic mass is 19.3. The normalized spacial score (nSPS) is 10.3. The van der Waals surface area contributed by atoms with Crippen molar-refractivity contribution in [2.75, 3.05) is 5.73 Å². The van der Waals surface area contributed by atoms with Crippen molar-refractivity contribution < 1.29 is 8.78 Å². The second kappa shape index (κ2) is 4.66. The van der Waals surface area contributed by atoms with Gasteiger partial charge in [0.15, 0.2) is 0 Å². The number of aromatic nitrogens is 1. The molecule has 1 heterocycles. The minimum Gasteiger partial charge on any atom is -0.383 e. The Morgan fingerprint density at radius 2 is 2.13 bits per heavy atom. The third kappa shape index (κ3) is 2.39. The minimum atomic E-state index is -2.71. The molecule has 0 radical (unpaired) electrons. The first-order chi connectivity index (χ1) is 7.10. The van der Waals surface area contributed by atoms with Crippen molar-refractivity contribution in [1.29, 1.82) is 5.26 Å². The van der Waals surface area contributed by atoms with Crippen LogP contribution in [0, 0.1) is 11.3 Å². The van der Waals surface area contributed by atoms with Gasteiger partial charge in [-0.1, -0.05) is 0 Å².